The fraction of sp³-hybridized carbons (Fsp3) is 0.174. The zero-order chi connectivity index (χ0) is 24.2. The minimum atomic E-state index is -0.0195. The van der Waals surface area contributed by atoms with Crippen LogP contribution in [-0.2, 0) is 0 Å². The number of nitrogens with two attached hydrogens (primary N) is 1. The van der Waals surface area contributed by atoms with E-state index in [2.05, 4.69) is 41.3 Å². The van der Waals surface area contributed by atoms with Gasteiger partial charge in [0.25, 0.3) is 0 Å². The monoisotopic (exact) mass is 486 g/mol. The van der Waals surface area contributed by atoms with E-state index in [-0.39, 0.29) is 5.92 Å². The first-order valence-electron chi connectivity index (χ1n) is 10.7. The maximum atomic E-state index is 9.19. The fourth-order valence-corrected chi connectivity index (χ4v) is 3.89. The van der Waals surface area contributed by atoms with Gasteiger partial charge in [-0.05, 0) is 30.7 Å². The molecule has 1 aliphatic heterocycles. The number of aliphatic imine (C=N–C) groups is 1. The Morgan fingerprint density at radius 2 is 2.14 bits per heavy atom. The highest BCUT2D eigenvalue weighted by Gasteiger charge is 2.24. The van der Waals surface area contributed by atoms with Crippen LogP contribution in [0.3, 0.4) is 0 Å². The van der Waals surface area contributed by atoms with Gasteiger partial charge < -0.3 is 20.7 Å². The van der Waals surface area contributed by atoms with E-state index < -0.39 is 0 Å². The maximum Gasteiger partial charge on any atom is 0.226 e. The third-order valence-electron chi connectivity index (χ3n) is 5.36. The van der Waals surface area contributed by atoms with Gasteiger partial charge in [-0.25, -0.2) is 29.9 Å². The number of anilines is 3. The number of fused-ring (bicyclic) bond motifs is 1. The minimum Gasteiger partial charge on any atom is -0.456 e. The molecule has 3 aromatic heterocycles. The fourth-order valence-electron chi connectivity index (χ4n) is 3.67. The molecule has 0 saturated carbocycles. The van der Waals surface area contributed by atoms with Gasteiger partial charge in [-0.1, -0.05) is 11.6 Å². The Balaban J connectivity index is 1.38. The van der Waals surface area contributed by atoms with Crippen molar-refractivity contribution in [1.29, 1.82) is 5.26 Å². The molecule has 0 aliphatic carbocycles. The lowest BCUT2D eigenvalue weighted by Gasteiger charge is -2.16. The van der Waals surface area contributed by atoms with Crippen LogP contribution in [-0.4, -0.2) is 44.3 Å². The van der Waals surface area contributed by atoms with Crippen molar-refractivity contribution < 1.29 is 4.74 Å². The summed E-state index contributed by atoms with van der Waals surface area (Å²) >= 11 is 6.48. The quantitative estimate of drug-likeness (QED) is 0.302. The third-order valence-corrected chi connectivity index (χ3v) is 5.66. The molecule has 174 valence electrons. The van der Waals surface area contributed by atoms with Crippen LogP contribution in [0.5, 0.6) is 11.5 Å². The van der Waals surface area contributed by atoms with E-state index in [4.69, 9.17) is 22.1 Å². The first-order chi connectivity index (χ1) is 17.1. The van der Waals surface area contributed by atoms with Crippen LogP contribution >= 0.6 is 11.6 Å². The molecule has 0 bridgehead atoms. The molecule has 0 amide bonds. The van der Waals surface area contributed by atoms with Gasteiger partial charge in [0, 0.05) is 31.0 Å². The lowest BCUT2D eigenvalue weighted by atomic mass is 10.1. The average molecular weight is 487 g/mol. The highest BCUT2D eigenvalue weighted by molar-refractivity contribution is 6.32. The minimum absolute atomic E-state index is 0.0195. The standard InChI is InChI=1S/C23H19ClN10O/c24-17-7-15(1-2-19(17)35-16-3-5-27-20(8-16)29-12-26)32-22-21-18(30-13-31-22)10-28-23(33-21)34-6-4-14(9-25)11-34/h1-3,5,7-8,10,12-14H,4,6,11H2,(H2,26,27,29)(H,30,31,32). The van der Waals surface area contributed by atoms with E-state index in [1.807, 2.05) is 11.0 Å². The molecule has 4 heterocycles. The molecule has 11 nitrogen and oxygen atoms in total. The van der Waals surface area contributed by atoms with Gasteiger partial charge in [0.15, 0.2) is 11.6 Å². The zero-order valence-corrected chi connectivity index (χ0v) is 19.1. The molecular weight excluding hydrogens is 468 g/mol. The summed E-state index contributed by atoms with van der Waals surface area (Å²) in [5.74, 6) is 2.45. The van der Waals surface area contributed by atoms with E-state index in [9.17, 15) is 5.26 Å². The molecule has 5 rings (SSSR count). The molecule has 0 spiro atoms. The van der Waals surface area contributed by atoms with Crippen molar-refractivity contribution >= 4 is 52.2 Å². The number of ether oxygens (including phenoxy) is 1. The summed E-state index contributed by atoms with van der Waals surface area (Å²) in [7, 11) is 0. The second-order valence-corrected chi connectivity index (χ2v) is 8.09. The molecule has 1 aliphatic rings. The Bertz CT molecular complexity index is 1450. The number of rotatable bonds is 6. The van der Waals surface area contributed by atoms with E-state index >= 15 is 0 Å². The van der Waals surface area contributed by atoms with Crippen molar-refractivity contribution in [2.24, 2.45) is 16.6 Å². The summed E-state index contributed by atoms with van der Waals surface area (Å²) in [6, 6.07) is 10.9. The predicted molar refractivity (Wildman–Crippen MR) is 132 cm³/mol. The molecule has 4 aromatic rings. The summed E-state index contributed by atoms with van der Waals surface area (Å²) in [6.07, 6.45) is 6.63. The molecular formula is C23H19ClN10O. The lowest BCUT2D eigenvalue weighted by molar-refractivity contribution is 0.482. The van der Waals surface area contributed by atoms with Crippen LogP contribution in [0.15, 0.2) is 54.0 Å². The van der Waals surface area contributed by atoms with Crippen LogP contribution in [0, 0.1) is 17.2 Å². The van der Waals surface area contributed by atoms with Crippen molar-refractivity contribution in [2.75, 3.05) is 23.3 Å². The van der Waals surface area contributed by atoms with E-state index in [0.717, 1.165) is 13.0 Å². The number of aromatic nitrogens is 5. The molecule has 0 radical (unpaired) electrons. The Labute approximate surface area is 205 Å². The van der Waals surface area contributed by atoms with Gasteiger partial charge >= 0.3 is 0 Å². The zero-order valence-electron chi connectivity index (χ0n) is 18.3. The van der Waals surface area contributed by atoms with Crippen molar-refractivity contribution in [3.63, 3.8) is 0 Å². The number of nitrogens with one attached hydrogen (secondary N) is 1. The second-order valence-electron chi connectivity index (χ2n) is 7.69. The van der Waals surface area contributed by atoms with Crippen LogP contribution in [0.25, 0.3) is 11.0 Å². The lowest BCUT2D eigenvalue weighted by Crippen LogP contribution is -2.21. The summed E-state index contributed by atoms with van der Waals surface area (Å²) in [4.78, 5) is 27.7. The van der Waals surface area contributed by atoms with Gasteiger partial charge in [0.2, 0.25) is 5.95 Å². The molecule has 3 N–H and O–H groups in total. The summed E-state index contributed by atoms with van der Waals surface area (Å²) in [6.45, 7) is 1.34. The SMILES string of the molecule is N#CC1CCN(c2ncc3ncnc(Nc4ccc(Oc5ccnc(N=CN)c5)c(Cl)c4)c3n2)C1. The molecule has 1 fully saturated rings. The number of benzene rings is 1. The van der Waals surface area contributed by atoms with Crippen molar-refractivity contribution in [3.8, 4) is 17.6 Å². The molecule has 35 heavy (non-hydrogen) atoms. The van der Waals surface area contributed by atoms with Crippen LogP contribution < -0.4 is 20.7 Å². The smallest absolute Gasteiger partial charge is 0.226 e. The van der Waals surface area contributed by atoms with Crippen LogP contribution in [0.1, 0.15) is 6.42 Å². The van der Waals surface area contributed by atoms with Gasteiger partial charge in [0.1, 0.15) is 28.9 Å². The first-order valence-corrected chi connectivity index (χ1v) is 11.1. The number of pyridine rings is 1. The number of hydrogen-bond acceptors (Lipinski definition) is 10. The molecule has 1 aromatic carbocycles. The van der Waals surface area contributed by atoms with Gasteiger partial charge in [0.05, 0.1) is 29.5 Å². The number of halogens is 1. The van der Waals surface area contributed by atoms with E-state index in [1.165, 1.54) is 12.7 Å². The highest BCUT2D eigenvalue weighted by atomic mass is 35.5. The third kappa shape index (κ3) is 4.87. The summed E-state index contributed by atoms with van der Waals surface area (Å²) < 4.78 is 5.87. The van der Waals surface area contributed by atoms with Crippen LogP contribution in [0.2, 0.25) is 5.02 Å². The van der Waals surface area contributed by atoms with Crippen molar-refractivity contribution in [2.45, 2.75) is 6.42 Å². The topological polar surface area (TPSA) is 151 Å². The van der Waals surface area contributed by atoms with Crippen molar-refractivity contribution in [3.05, 3.63) is 54.1 Å². The van der Waals surface area contributed by atoms with E-state index in [0.29, 0.717) is 57.4 Å². The molecule has 1 atom stereocenters. The highest BCUT2D eigenvalue weighted by Crippen LogP contribution is 2.34. The van der Waals surface area contributed by atoms with Gasteiger partial charge in [-0.3, -0.25) is 0 Å². The first kappa shape index (κ1) is 22.2. The normalized spacial score (nSPS) is 15.4. The predicted octanol–water partition coefficient (Wildman–Crippen LogP) is 3.97. The Kier molecular flexibility index (Phi) is 6.19. The molecule has 12 heteroatoms. The van der Waals surface area contributed by atoms with Gasteiger partial charge in [-0.15, -0.1) is 0 Å². The summed E-state index contributed by atoms with van der Waals surface area (Å²) in [5, 5.41) is 12.8. The van der Waals surface area contributed by atoms with Crippen molar-refractivity contribution in [1.82, 2.24) is 24.9 Å². The molecule has 1 saturated heterocycles. The number of nitrogens with zero attached hydrogens (tertiary/aromatic N) is 8. The maximum absolute atomic E-state index is 9.19. The molecule has 1 unspecified atom stereocenters. The Hall–Kier alpha value is -4.56. The second kappa shape index (κ2) is 9.74. The van der Waals surface area contributed by atoms with E-state index in [1.54, 1.807) is 36.7 Å². The Morgan fingerprint density at radius 1 is 1.23 bits per heavy atom. The van der Waals surface area contributed by atoms with Gasteiger partial charge in [-0.2, -0.15) is 5.26 Å². The largest absolute Gasteiger partial charge is 0.456 e. The average Bonchev–Trinajstić information content (AvgIpc) is 3.36. The summed E-state index contributed by atoms with van der Waals surface area (Å²) in [5.41, 5.74) is 7.18. The number of nitriles is 1. The Morgan fingerprint density at radius 3 is 2.94 bits per heavy atom. The van der Waals surface area contributed by atoms with Crippen LogP contribution in [0.4, 0.5) is 23.3 Å². The number of hydrogen-bond donors (Lipinski definition) is 2.